The summed E-state index contributed by atoms with van der Waals surface area (Å²) in [5.41, 5.74) is 5.19. The van der Waals surface area contributed by atoms with E-state index in [9.17, 15) is 18.0 Å². The number of halogens is 3. The Morgan fingerprint density at radius 2 is 1.94 bits per heavy atom. The highest BCUT2D eigenvalue weighted by Crippen LogP contribution is 2.33. The molecule has 0 spiro atoms. The van der Waals surface area contributed by atoms with Gasteiger partial charge in [0.1, 0.15) is 0 Å². The number of rotatable bonds is 2. The molecule has 1 aromatic rings. The number of aromatic nitrogens is 1. The van der Waals surface area contributed by atoms with Crippen molar-refractivity contribution >= 4 is 17.1 Å². The summed E-state index contributed by atoms with van der Waals surface area (Å²) in [6.45, 7) is 5.25. The smallest absolute Gasteiger partial charge is 0.321 e. The number of ketones is 1. The summed E-state index contributed by atoms with van der Waals surface area (Å²) in [6.07, 6.45) is -3.59. The van der Waals surface area contributed by atoms with Gasteiger partial charge in [-0.05, 0) is 5.41 Å². The maximum Gasteiger partial charge on any atom is 0.443 e. The van der Waals surface area contributed by atoms with E-state index in [2.05, 4.69) is 4.98 Å². The minimum absolute atomic E-state index is 0.0558. The Hall–Kier alpha value is -0.950. The van der Waals surface area contributed by atoms with Gasteiger partial charge in [0.25, 0.3) is 0 Å². The Morgan fingerprint density at radius 1 is 1.41 bits per heavy atom. The van der Waals surface area contributed by atoms with Crippen molar-refractivity contribution in [1.29, 1.82) is 0 Å². The molecule has 7 heteroatoms. The van der Waals surface area contributed by atoms with Gasteiger partial charge in [-0.25, -0.2) is 4.98 Å². The highest BCUT2D eigenvalue weighted by Gasteiger charge is 2.36. The maximum atomic E-state index is 12.3. The van der Waals surface area contributed by atoms with Gasteiger partial charge in [0.2, 0.25) is 0 Å². The quantitative estimate of drug-likeness (QED) is 0.837. The van der Waals surface area contributed by atoms with Gasteiger partial charge in [-0.15, -0.1) is 11.3 Å². The third kappa shape index (κ3) is 3.26. The first kappa shape index (κ1) is 14.1. The predicted molar refractivity (Wildman–Crippen MR) is 58.9 cm³/mol. The lowest BCUT2D eigenvalue weighted by Crippen LogP contribution is -2.41. The monoisotopic (exact) mass is 266 g/mol. The zero-order chi connectivity index (χ0) is 13.4. The van der Waals surface area contributed by atoms with Gasteiger partial charge in [-0.1, -0.05) is 20.8 Å². The van der Waals surface area contributed by atoms with Crippen molar-refractivity contribution in [2.75, 3.05) is 0 Å². The molecule has 1 rings (SSSR count). The second-order valence-corrected chi connectivity index (χ2v) is 5.77. The van der Waals surface area contributed by atoms with E-state index in [0.29, 0.717) is 11.3 Å². The number of Topliss-reactive ketones (excluding diaryl/α,β-unsaturated/α-hetero) is 1. The van der Waals surface area contributed by atoms with Crippen molar-refractivity contribution in [3.63, 3.8) is 0 Å². The fourth-order valence-electron chi connectivity index (χ4n) is 1.07. The van der Waals surface area contributed by atoms with Gasteiger partial charge < -0.3 is 5.73 Å². The molecule has 1 heterocycles. The highest BCUT2D eigenvalue weighted by atomic mass is 32.1. The highest BCUT2D eigenvalue weighted by molar-refractivity contribution is 7.13. The summed E-state index contributed by atoms with van der Waals surface area (Å²) < 4.78 is 36.9. The van der Waals surface area contributed by atoms with E-state index in [1.807, 2.05) is 0 Å². The minimum Gasteiger partial charge on any atom is -0.321 e. The Morgan fingerprint density at radius 3 is 2.29 bits per heavy atom. The van der Waals surface area contributed by atoms with E-state index < -0.39 is 28.4 Å². The molecule has 3 nitrogen and oxygen atoms in total. The molecule has 0 aliphatic heterocycles. The molecule has 1 atom stereocenters. The number of carbonyl (C=O) groups excluding carboxylic acids is 1. The molecule has 17 heavy (non-hydrogen) atoms. The normalized spacial score (nSPS) is 14.8. The van der Waals surface area contributed by atoms with Crippen LogP contribution in [0.15, 0.2) is 6.20 Å². The average Bonchev–Trinajstić information content (AvgIpc) is 2.61. The maximum absolute atomic E-state index is 12.3. The van der Waals surface area contributed by atoms with Crippen LogP contribution in [-0.2, 0) is 6.18 Å². The van der Waals surface area contributed by atoms with Crippen LogP contribution in [0.25, 0.3) is 0 Å². The zero-order valence-electron chi connectivity index (χ0n) is 9.63. The molecule has 2 N–H and O–H groups in total. The summed E-state index contributed by atoms with van der Waals surface area (Å²) in [4.78, 5) is 14.9. The fourth-order valence-corrected chi connectivity index (χ4v) is 1.83. The van der Waals surface area contributed by atoms with Gasteiger partial charge >= 0.3 is 6.18 Å². The van der Waals surface area contributed by atoms with E-state index in [1.165, 1.54) is 0 Å². The molecule has 0 saturated carbocycles. The van der Waals surface area contributed by atoms with Gasteiger partial charge in [0.05, 0.1) is 10.9 Å². The van der Waals surface area contributed by atoms with E-state index >= 15 is 0 Å². The summed E-state index contributed by atoms with van der Waals surface area (Å²) in [5, 5.41) is -1.03. The average molecular weight is 266 g/mol. The van der Waals surface area contributed by atoms with Crippen molar-refractivity contribution in [3.8, 4) is 0 Å². The van der Waals surface area contributed by atoms with Gasteiger partial charge in [-0.3, -0.25) is 4.79 Å². The largest absolute Gasteiger partial charge is 0.443 e. The van der Waals surface area contributed by atoms with E-state index in [0.717, 1.165) is 6.20 Å². The lowest BCUT2D eigenvalue weighted by Gasteiger charge is -2.24. The van der Waals surface area contributed by atoms with Gasteiger partial charge in [0, 0.05) is 6.20 Å². The molecule has 96 valence electrons. The topological polar surface area (TPSA) is 56.0 Å². The molecule has 0 aliphatic carbocycles. The molecule has 0 radical (unpaired) electrons. The summed E-state index contributed by atoms with van der Waals surface area (Å²) in [7, 11) is 0. The minimum atomic E-state index is -4.52. The van der Waals surface area contributed by atoms with Crippen LogP contribution in [0, 0.1) is 5.41 Å². The lowest BCUT2D eigenvalue weighted by molar-refractivity contribution is -0.137. The SMILES string of the molecule is CC(C)(C)C(N)C(=O)c1cnc(C(F)(F)F)s1. The number of hydrogen-bond donors (Lipinski definition) is 1. The Kier molecular flexibility index (Phi) is 3.63. The number of hydrogen-bond acceptors (Lipinski definition) is 4. The van der Waals surface area contributed by atoms with Crippen LogP contribution < -0.4 is 5.73 Å². The van der Waals surface area contributed by atoms with Crippen molar-refractivity contribution < 1.29 is 18.0 Å². The number of thiazole rings is 1. The van der Waals surface area contributed by atoms with Crippen LogP contribution in [0.3, 0.4) is 0 Å². The van der Waals surface area contributed by atoms with Crippen LogP contribution in [0.5, 0.6) is 0 Å². The molecule has 0 fully saturated rings. The number of nitrogens with zero attached hydrogens (tertiary/aromatic N) is 1. The van der Waals surface area contributed by atoms with Crippen LogP contribution in [0.4, 0.5) is 13.2 Å². The van der Waals surface area contributed by atoms with Gasteiger partial charge in [0.15, 0.2) is 10.8 Å². The van der Waals surface area contributed by atoms with E-state index in [-0.39, 0.29) is 4.88 Å². The fraction of sp³-hybridized carbons (Fsp3) is 0.600. The Labute approximate surface area is 101 Å². The summed E-state index contributed by atoms with van der Waals surface area (Å²) >= 11 is 0.327. The van der Waals surface area contributed by atoms with Crippen molar-refractivity contribution in [2.24, 2.45) is 11.1 Å². The molecule has 0 aliphatic rings. The molecular weight excluding hydrogens is 253 g/mol. The number of nitrogens with two attached hydrogens (primary N) is 1. The third-order valence-corrected chi connectivity index (χ3v) is 3.26. The zero-order valence-corrected chi connectivity index (χ0v) is 10.4. The Bertz CT molecular complexity index is 420. The number of alkyl halides is 3. The molecule has 1 unspecified atom stereocenters. The first-order valence-electron chi connectivity index (χ1n) is 4.86. The molecule has 0 saturated heterocycles. The lowest BCUT2D eigenvalue weighted by atomic mass is 9.84. The summed E-state index contributed by atoms with van der Waals surface area (Å²) in [6, 6.07) is -0.843. The standard InChI is InChI=1S/C10H13F3N2OS/c1-9(2,3)7(14)6(16)5-4-15-8(17-5)10(11,12)13/h4,7H,14H2,1-3H3. The van der Waals surface area contributed by atoms with Crippen molar-refractivity contribution in [1.82, 2.24) is 4.98 Å². The predicted octanol–water partition coefficient (Wildman–Crippen LogP) is 2.72. The molecule has 0 aromatic carbocycles. The van der Waals surface area contributed by atoms with Crippen LogP contribution in [0.2, 0.25) is 0 Å². The van der Waals surface area contributed by atoms with Crippen LogP contribution >= 0.6 is 11.3 Å². The van der Waals surface area contributed by atoms with Crippen LogP contribution in [0.1, 0.15) is 35.5 Å². The first-order chi connectivity index (χ1) is 7.53. The third-order valence-electron chi connectivity index (χ3n) is 2.21. The first-order valence-corrected chi connectivity index (χ1v) is 5.68. The van der Waals surface area contributed by atoms with Crippen LogP contribution in [-0.4, -0.2) is 16.8 Å². The molecular formula is C10H13F3N2OS. The van der Waals surface area contributed by atoms with Crippen molar-refractivity contribution in [2.45, 2.75) is 33.0 Å². The molecule has 1 aromatic heterocycles. The van der Waals surface area contributed by atoms with Crippen molar-refractivity contribution in [3.05, 3.63) is 16.1 Å². The molecule has 0 bridgehead atoms. The van der Waals surface area contributed by atoms with Gasteiger partial charge in [-0.2, -0.15) is 13.2 Å². The second kappa shape index (κ2) is 4.38. The Balaban J connectivity index is 2.96. The molecule has 0 amide bonds. The second-order valence-electron chi connectivity index (χ2n) is 4.74. The number of carbonyl (C=O) groups is 1. The van der Waals surface area contributed by atoms with E-state index in [1.54, 1.807) is 20.8 Å². The summed E-state index contributed by atoms with van der Waals surface area (Å²) in [5.74, 6) is -0.509. The van der Waals surface area contributed by atoms with E-state index in [4.69, 9.17) is 5.73 Å².